The molecule has 2 N–H and O–H groups in total. The highest BCUT2D eigenvalue weighted by Gasteiger charge is 2.23. The predicted octanol–water partition coefficient (Wildman–Crippen LogP) is 3.93. The molecule has 0 bridgehead atoms. The molecule has 0 spiro atoms. The van der Waals surface area contributed by atoms with Crippen LogP contribution in [0.3, 0.4) is 0 Å². The summed E-state index contributed by atoms with van der Waals surface area (Å²) in [4.78, 5) is 0. The lowest BCUT2D eigenvalue weighted by Gasteiger charge is -2.32. The summed E-state index contributed by atoms with van der Waals surface area (Å²) in [6.07, 6.45) is 5.28. The van der Waals surface area contributed by atoms with Crippen molar-refractivity contribution in [2.75, 3.05) is 0 Å². The highest BCUT2D eigenvalue weighted by molar-refractivity contribution is 5.37. The normalized spacial score (nSPS) is 25.9. The van der Waals surface area contributed by atoms with Crippen LogP contribution in [0.2, 0.25) is 0 Å². The second kappa shape index (κ2) is 5.75. The molecule has 1 aromatic rings. The van der Waals surface area contributed by atoms with Crippen molar-refractivity contribution < 1.29 is 5.11 Å². The van der Waals surface area contributed by atoms with E-state index >= 15 is 0 Å². The molecule has 3 unspecified atom stereocenters. The molecule has 0 heterocycles. The van der Waals surface area contributed by atoms with Gasteiger partial charge >= 0.3 is 0 Å². The lowest BCUT2D eigenvalue weighted by molar-refractivity contribution is 0.262. The minimum atomic E-state index is 0.219. The van der Waals surface area contributed by atoms with Crippen molar-refractivity contribution in [1.29, 1.82) is 0 Å². The molecule has 2 nitrogen and oxygen atoms in total. The summed E-state index contributed by atoms with van der Waals surface area (Å²) in [6, 6.07) is 6.76. The average molecular weight is 247 g/mol. The van der Waals surface area contributed by atoms with Gasteiger partial charge in [-0.1, -0.05) is 31.9 Å². The Bertz CT molecular complexity index is 402. The van der Waals surface area contributed by atoms with Crippen molar-refractivity contribution >= 4 is 0 Å². The standard InChI is InChI=1S/C16H25NO/c1-11-8-9-14(16(18)10-11)13(3)17-15-7-5-4-6-12(15)2/h8-10,12-13,15,17-18H,4-7H2,1-3H3. The molecule has 100 valence electrons. The summed E-state index contributed by atoms with van der Waals surface area (Å²) < 4.78 is 0. The van der Waals surface area contributed by atoms with Crippen molar-refractivity contribution in [2.24, 2.45) is 5.92 Å². The summed E-state index contributed by atoms with van der Waals surface area (Å²) in [6.45, 7) is 6.48. The number of aromatic hydroxyl groups is 1. The molecule has 1 fully saturated rings. The van der Waals surface area contributed by atoms with Crippen molar-refractivity contribution in [1.82, 2.24) is 5.32 Å². The number of benzene rings is 1. The van der Waals surface area contributed by atoms with Gasteiger partial charge in [0.15, 0.2) is 0 Å². The minimum absolute atomic E-state index is 0.219. The Morgan fingerprint density at radius 3 is 2.67 bits per heavy atom. The molecule has 3 atom stereocenters. The average Bonchev–Trinajstić information content (AvgIpc) is 2.32. The molecule has 0 amide bonds. The minimum Gasteiger partial charge on any atom is -0.508 e. The number of hydrogen-bond acceptors (Lipinski definition) is 2. The maximum atomic E-state index is 10.0. The van der Waals surface area contributed by atoms with Gasteiger partial charge in [-0.05, 0) is 44.2 Å². The van der Waals surface area contributed by atoms with Crippen LogP contribution in [0.15, 0.2) is 18.2 Å². The topological polar surface area (TPSA) is 32.3 Å². The predicted molar refractivity (Wildman–Crippen MR) is 75.8 cm³/mol. The Kier molecular flexibility index (Phi) is 4.28. The van der Waals surface area contributed by atoms with Gasteiger partial charge < -0.3 is 10.4 Å². The van der Waals surface area contributed by atoms with Crippen LogP contribution in [0.25, 0.3) is 0 Å². The van der Waals surface area contributed by atoms with Crippen molar-refractivity contribution in [3.05, 3.63) is 29.3 Å². The molecular formula is C16H25NO. The first kappa shape index (κ1) is 13.4. The Morgan fingerprint density at radius 2 is 2.00 bits per heavy atom. The fourth-order valence-corrected chi connectivity index (χ4v) is 2.99. The molecule has 2 rings (SSSR count). The molecule has 0 aliphatic heterocycles. The van der Waals surface area contributed by atoms with Crippen LogP contribution in [0.4, 0.5) is 0 Å². The van der Waals surface area contributed by atoms with Crippen LogP contribution >= 0.6 is 0 Å². The molecule has 0 saturated heterocycles. The Hall–Kier alpha value is -1.02. The van der Waals surface area contributed by atoms with Gasteiger partial charge in [-0.2, -0.15) is 0 Å². The largest absolute Gasteiger partial charge is 0.508 e. The van der Waals surface area contributed by atoms with Crippen LogP contribution in [0, 0.1) is 12.8 Å². The third-order valence-electron chi connectivity index (χ3n) is 4.23. The van der Waals surface area contributed by atoms with Gasteiger partial charge in [0.2, 0.25) is 0 Å². The van der Waals surface area contributed by atoms with Crippen molar-refractivity contribution in [3.8, 4) is 5.75 Å². The van der Waals surface area contributed by atoms with E-state index in [1.54, 1.807) is 0 Å². The monoisotopic (exact) mass is 247 g/mol. The summed E-state index contributed by atoms with van der Waals surface area (Å²) in [5, 5.41) is 13.7. The maximum Gasteiger partial charge on any atom is 0.120 e. The Balaban J connectivity index is 2.04. The quantitative estimate of drug-likeness (QED) is 0.848. The van der Waals surface area contributed by atoms with Crippen molar-refractivity contribution in [3.63, 3.8) is 0 Å². The second-order valence-electron chi connectivity index (χ2n) is 5.82. The van der Waals surface area contributed by atoms with Crippen LogP contribution in [0.1, 0.15) is 56.7 Å². The molecule has 0 radical (unpaired) electrons. The zero-order valence-corrected chi connectivity index (χ0v) is 11.7. The maximum absolute atomic E-state index is 10.0. The first-order valence-corrected chi connectivity index (χ1v) is 7.13. The molecule has 18 heavy (non-hydrogen) atoms. The Labute approximate surface area is 110 Å². The number of nitrogens with one attached hydrogen (secondary N) is 1. The van der Waals surface area contributed by atoms with E-state index in [9.17, 15) is 5.11 Å². The molecule has 0 aromatic heterocycles. The highest BCUT2D eigenvalue weighted by Crippen LogP contribution is 2.29. The fraction of sp³-hybridized carbons (Fsp3) is 0.625. The van der Waals surface area contributed by atoms with E-state index in [2.05, 4.69) is 25.2 Å². The van der Waals surface area contributed by atoms with E-state index < -0.39 is 0 Å². The summed E-state index contributed by atoms with van der Waals surface area (Å²) in [5.74, 6) is 1.16. The molecular weight excluding hydrogens is 222 g/mol. The van der Waals surface area contributed by atoms with Gasteiger partial charge in [0, 0.05) is 17.6 Å². The third-order valence-corrected chi connectivity index (χ3v) is 4.23. The second-order valence-corrected chi connectivity index (χ2v) is 5.82. The zero-order valence-electron chi connectivity index (χ0n) is 11.7. The number of hydrogen-bond donors (Lipinski definition) is 2. The number of rotatable bonds is 3. The summed E-state index contributed by atoms with van der Waals surface area (Å²) in [5.41, 5.74) is 2.12. The van der Waals surface area contributed by atoms with Crippen LogP contribution < -0.4 is 5.32 Å². The van der Waals surface area contributed by atoms with E-state index in [1.165, 1.54) is 25.7 Å². The summed E-state index contributed by atoms with van der Waals surface area (Å²) in [7, 11) is 0. The van der Waals surface area contributed by atoms with E-state index in [1.807, 2.05) is 19.1 Å². The van der Waals surface area contributed by atoms with Gasteiger partial charge in [-0.3, -0.25) is 0 Å². The van der Waals surface area contributed by atoms with Crippen molar-refractivity contribution in [2.45, 2.75) is 58.5 Å². The Morgan fingerprint density at radius 1 is 1.28 bits per heavy atom. The van der Waals surface area contributed by atoms with Crippen LogP contribution in [-0.2, 0) is 0 Å². The van der Waals surface area contributed by atoms with E-state index in [0.717, 1.165) is 17.0 Å². The van der Waals surface area contributed by atoms with E-state index in [4.69, 9.17) is 0 Å². The first-order chi connectivity index (χ1) is 8.58. The van der Waals surface area contributed by atoms with Gasteiger partial charge in [0.25, 0.3) is 0 Å². The molecule has 1 aliphatic rings. The molecule has 2 heteroatoms. The highest BCUT2D eigenvalue weighted by atomic mass is 16.3. The van der Waals surface area contributed by atoms with Crippen LogP contribution in [0.5, 0.6) is 5.75 Å². The molecule has 1 saturated carbocycles. The van der Waals surface area contributed by atoms with Gasteiger partial charge in [-0.25, -0.2) is 0 Å². The zero-order chi connectivity index (χ0) is 13.1. The SMILES string of the molecule is Cc1ccc(C(C)NC2CCCCC2C)c(O)c1. The summed E-state index contributed by atoms with van der Waals surface area (Å²) >= 11 is 0. The smallest absolute Gasteiger partial charge is 0.120 e. The van der Waals surface area contributed by atoms with Crippen LogP contribution in [-0.4, -0.2) is 11.1 Å². The molecule has 1 aliphatic carbocycles. The van der Waals surface area contributed by atoms with Gasteiger partial charge in [0.05, 0.1) is 0 Å². The first-order valence-electron chi connectivity index (χ1n) is 7.13. The van der Waals surface area contributed by atoms with Gasteiger partial charge in [-0.15, -0.1) is 0 Å². The number of phenolic OH excluding ortho intramolecular Hbond substituents is 1. The van der Waals surface area contributed by atoms with E-state index in [0.29, 0.717) is 11.8 Å². The lowest BCUT2D eigenvalue weighted by Crippen LogP contribution is -2.38. The third kappa shape index (κ3) is 3.05. The van der Waals surface area contributed by atoms with E-state index in [-0.39, 0.29) is 6.04 Å². The fourth-order valence-electron chi connectivity index (χ4n) is 2.99. The van der Waals surface area contributed by atoms with Gasteiger partial charge in [0.1, 0.15) is 5.75 Å². The number of phenols is 1. The molecule has 1 aromatic carbocycles. The lowest BCUT2D eigenvalue weighted by atomic mass is 9.85. The number of aryl methyl sites for hydroxylation is 1.